The molecule has 0 unspecified atom stereocenters. The first-order valence-electron chi connectivity index (χ1n) is 3.79. The third kappa shape index (κ3) is 1.49. The molecule has 0 bridgehead atoms. The SMILES string of the molecule is CN1CCC(C(C)(C)C)=N1. The third-order valence-corrected chi connectivity index (χ3v) is 1.83. The monoisotopic (exact) mass is 140 g/mol. The smallest absolute Gasteiger partial charge is 0.0452 e. The van der Waals surface area contributed by atoms with E-state index in [1.54, 1.807) is 0 Å². The van der Waals surface area contributed by atoms with Gasteiger partial charge in [0.1, 0.15) is 0 Å². The quantitative estimate of drug-likeness (QED) is 0.500. The molecule has 0 aromatic rings. The molecule has 0 atom stereocenters. The molecule has 0 aliphatic carbocycles. The second-order valence-electron chi connectivity index (χ2n) is 3.93. The first-order valence-corrected chi connectivity index (χ1v) is 3.79. The average molecular weight is 140 g/mol. The van der Waals surface area contributed by atoms with Crippen LogP contribution in [-0.2, 0) is 0 Å². The number of hydrogen-bond donors (Lipinski definition) is 0. The molecular weight excluding hydrogens is 124 g/mol. The van der Waals surface area contributed by atoms with Crippen molar-refractivity contribution in [2.75, 3.05) is 13.6 Å². The Bertz CT molecular complexity index is 153. The maximum atomic E-state index is 4.41. The first-order chi connectivity index (χ1) is 4.50. The standard InChI is InChI=1S/C8H16N2/c1-8(2,3)7-5-6-10(4)9-7/h5-6H2,1-4H3. The van der Waals surface area contributed by atoms with E-state index >= 15 is 0 Å². The van der Waals surface area contributed by atoms with Gasteiger partial charge >= 0.3 is 0 Å². The lowest BCUT2D eigenvalue weighted by Gasteiger charge is -2.16. The van der Waals surface area contributed by atoms with Crippen LogP contribution in [0.5, 0.6) is 0 Å². The minimum Gasteiger partial charge on any atom is -0.300 e. The molecule has 58 valence electrons. The van der Waals surface area contributed by atoms with Crippen LogP contribution in [0.2, 0.25) is 0 Å². The molecule has 0 N–H and O–H groups in total. The highest BCUT2D eigenvalue weighted by Crippen LogP contribution is 2.22. The molecule has 1 aliphatic heterocycles. The van der Waals surface area contributed by atoms with Crippen molar-refractivity contribution < 1.29 is 0 Å². The number of nitrogens with zero attached hydrogens (tertiary/aromatic N) is 2. The van der Waals surface area contributed by atoms with Gasteiger partial charge in [-0.2, -0.15) is 5.10 Å². The Hall–Kier alpha value is -0.530. The van der Waals surface area contributed by atoms with Gasteiger partial charge in [-0.1, -0.05) is 20.8 Å². The van der Waals surface area contributed by atoms with Gasteiger partial charge in [0.05, 0.1) is 0 Å². The molecule has 10 heavy (non-hydrogen) atoms. The van der Waals surface area contributed by atoms with Crippen LogP contribution in [0.4, 0.5) is 0 Å². The predicted octanol–water partition coefficient (Wildman–Crippen LogP) is 1.72. The summed E-state index contributed by atoms with van der Waals surface area (Å²) in [5, 5.41) is 6.42. The van der Waals surface area contributed by atoms with Crippen LogP contribution >= 0.6 is 0 Å². The summed E-state index contributed by atoms with van der Waals surface area (Å²) in [5.41, 5.74) is 1.60. The van der Waals surface area contributed by atoms with Gasteiger partial charge in [-0.3, -0.25) is 5.01 Å². The van der Waals surface area contributed by atoms with Gasteiger partial charge in [-0.15, -0.1) is 0 Å². The first kappa shape index (κ1) is 7.58. The van der Waals surface area contributed by atoms with Crippen LogP contribution in [-0.4, -0.2) is 24.3 Å². The number of rotatable bonds is 0. The van der Waals surface area contributed by atoms with Gasteiger partial charge in [0, 0.05) is 31.1 Å². The van der Waals surface area contributed by atoms with E-state index in [-0.39, 0.29) is 5.41 Å². The summed E-state index contributed by atoms with van der Waals surface area (Å²) in [7, 11) is 2.03. The summed E-state index contributed by atoms with van der Waals surface area (Å²) in [5.74, 6) is 0. The van der Waals surface area contributed by atoms with Gasteiger partial charge in [0.2, 0.25) is 0 Å². The Morgan fingerprint density at radius 2 is 2.00 bits per heavy atom. The summed E-state index contributed by atoms with van der Waals surface area (Å²) in [6.07, 6.45) is 1.14. The summed E-state index contributed by atoms with van der Waals surface area (Å²) >= 11 is 0. The van der Waals surface area contributed by atoms with Crippen molar-refractivity contribution in [3.05, 3.63) is 0 Å². The van der Waals surface area contributed by atoms with Gasteiger partial charge in [0.25, 0.3) is 0 Å². The molecule has 1 aliphatic rings. The van der Waals surface area contributed by atoms with E-state index in [1.165, 1.54) is 5.71 Å². The van der Waals surface area contributed by atoms with Crippen molar-refractivity contribution in [1.29, 1.82) is 0 Å². The lowest BCUT2D eigenvalue weighted by Crippen LogP contribution is -2.17. The van der Waals surface area contributed by atoms with Crippen LogP contribution < -0.4 is 0 Å². The highest BCUT2D eigenvalue weighted by Gasteiger charge is 2.23. The van der Waals surface area contributed by atoms with Gasteiger partial charge < -0.3 is 0 Å². The van der Waals surface area contributed by atoms with E-state index in [4.69, 9.17) is 0 Å². The molecule has 0 radical (unpaired) electrons. The van der Waals surface area contributed by atoms with Crippen molar-refractivity contribution in [2.45, 2.75) is 27.2 Å². The van der Waals surface area contributed by atoms with Crippen LogP contribution in [0, 0.1) is 5.41 Å². The number of hydrogen-bond acceptors (Lipinski definition) is 2. The van der Waals surface area contributed by atoms with Crippen LogP contribution in [0.1, 0.15) is 27.2 Å². The van der Waals surface area contributed by atoms with Crippen molar-refractivity contribution in [3.8, 4) is 0 Å². The van der Waals surface area contributed by atoms with Crippen molar-refractivity contribution in [1.82, 2.24) is 5.01 Å². The van der Waals surface area contributed by atoms with E-state index in [9.17, 15) is 0 Å². The van der Waals surface area contributed by atoms with Crippen molar-refractivity contribution >= 4 is 5.71 Å². The summed E-state index contributed by atoms with van der Waals surface area (Å²) in [6.45, 7) is 7.73. The predicted molar refractivity (Wildman–Crippen MR) is 44.1 cm³/mol. The fraction of sp³-hybridized carbons (Fsp3) is 0.875. The van der Waals surface area contributed by atoms with Crippen molar-refractivity contribution in [2.24, 2.45) is 10.5 Å². The minimum absolute atomic E-state index is 0.269. The summed E-state index contributed by atoms with van der Waals surface area (Å²) < 4.78 is 0. The lowest BCUT2D eigenvalue weighted by atomic mass is 9.89. The minimum atomic E-state index is 0.269. The van der Waals surface area contributed by atoms with E-state index < -0.39 is 0 Å². The molecular formula is C8H16N2. The fourth-order valence-corrected chi connectivity index (χ4v) is 1.10. The Kier molecular flexibility index (Phi) is 1.71. The van der Waals surface area contributed by atoms with E-state index in [0.717, 1.165) is 13.0 Å². The maximum Gasteiger partial charge on any atom is 0.0452 e. The Labute approximate surface area is 62.9 Å². The van der Waals surface area contributed by atoms with E-state index in [2.05, 4.69) is 25.9 Å². The summed E-state index contributed by atoms with van der Waals surface area (Å²) in [6, 6.07) is 0. The topological polar surface area (TPSA) is 15.6 Å². The Morgan fingerprint density at radius 1 is 1.40 bits per heavy atom. The largest absolute Gasteiger partial charge is 0.300 e. The Balaban J connectivity index is 2.67. The molecule has 0 fully saturated rings. The molecule has 1 heterocycles. The third-order valence-electron chi connectivity index (χ3n) is 1.83. The molecule has 0 aromatic carbocycles. The maximum absolute atomic E-state index is 4.41. The number of hydrazone groups is 1. The molecule has 1 rings (SSSR count). The molecule has 0 aromatic heterocycles. The van der Waals surface area contributed by atoms with Crippen LogP contribution in [0.3, 0.4) is 0 Å². The molecule has 2 nitrogen and oxygen atoms in total. The van der Waals surface area contributed by atoms with Gasteiger partial charge in [0.15, 0.2) is 0 Å². The van der Waals surface area contributed by atoms with Gasteiger partial charge in [-0.25, -0.2) is 0 Å². The molecule has 0 saturated carbocycles. The average Bonchev–Trinajstić information content (AvgIpc) is 2.11. The Morgan fingerprint density at radius 3 is 2.20 bits per heavy atom. The lowest BCUT2D eigenvalue weighted by molar-refractivity contribution is 0.392. The molecule has 0 spiro atoms. The zero-order chi connectivity index (χ0) is 7.78. The fourth-order valence-electron chi connectivity index (χ4n) is 1.10. The molecule has 0 amide bonds. The second kappa shape index (κ2) is 2.26. The zero-order valence-electron chi connectivity index (χ0n) is 7.31. The highest BCUT2D eigenvalue weighted by atomic mass is 15.5. The van der Waals surface area contributed by atoms with Crippen molar-refractivity contribution in [3.63, 3.8) is 0 Å². The molecule has 0 saturated heterocycles. The van der Waals surface area contributed by atoms with Crippen LogP contribution in [0.15, 0.2) is 5.10 Å². The highest BCUT2D eigenvalue weighted by molar-refractivity contribution is 5.90. The van der Waals surface area contributed by atoms with Crippen LogP contribution in [0.25, 0.3) is 0 Å². The zero-order valence-corrected chi connectivity index (χ0v) is 7.31. The van der Waals surface area contributed by atoms with E-state index in [0.29, 0.717) is 0 Å². The summed E-state index contributed by atoms with van der Waals surface area (Å²) in [4.78, 5) is 0. The van der Waals surface area contributed by atoms with E-state index in [1.807, 2.05) is 12.1 Å². The van der Waals surface area contributed by atoms with Gasteiger partial charge in [-0.05, 0) is 0 Å². The molecule has 2 heteroatoms. The normalized spacial score (nSPS) is 19.6. The second-order valence-corrected chi connectivity index (χ2v) is 3.93.